The smallest absolute Gasteiger partial charge is 0.186 e. The molecule has 4 fully saturated rings. The number of allylic oxidation sites excluding steroid dienone is 1. The summed E-state index contributed by atoms with van der Waals surface area (Å²) in [5, 5.41) is 50.3. The molecule has 0 aromatic heterocycles. The van der Waals surface area contributed by atoms with Crippen LogP contribution < -0.4 is 0 Å². The molecule has 0 bridgehead atoms. The number of aliphatic hydroxyl groups excluding tert-OH is 5. The van der Waals surface area contributed by atoms with Crippen LogP contribution in [0.1, 0.15) is 112 Å². The van der Waals surface area contributed by atoms with Crippen molar-refractivity contribution in [1.82, 2.24) is 0 Å². The fourth-order valence-corrected chi connectivity index (χ4v) is 11.1. The predicted molar refractivity (Wildman–Crippen MR) is 178 cm³/mol. The molecule has 5 N–H and O–H groups in total. The maximum atomic E-state index is 10.7. The predicted octanol–water partition coefficient (Wildman–Crippen LogP) is 5.23. The molecule has 0 radical (unpaired) electrons. The molecule has 266 valence electrons. The summed E-state index contributed by atoms with van der Waals surface area (Å²) >= 11 is 0. The second-order valence-corrected chi connectivity index (χ2v) is 16.8. The van der Waals surface area contributed by atoms with Crippen LogP contribution in [0.3, 0.4) is 0 Å². The molecule has 15 atom stereocenters. The lowest BCUT2D eigenvalue weighted by Gasteiger charge is -2.58. The first-order chi connectivity index (χ1) is 21.8. The monoisotopic (exact) mass is 650 g/mol. The van der Waals surface area contributed by atoms with Crippen LogP contribution >= 0.6 is 0 Å². The van der Waals surface area contributed by atoms with Crippen LogP contribution in [0.15, 0.2) is 11.6 Å². The van der Waals surface area contributed by atoms with Crippen LogP contribution in [-0.4, -0.2) is 88.3 Å². The molecule has 46 heavy (non-hydrogen) atoms. The zero-order chi connectivity index (χ0) is 33.4. The summed E-state index contributed by atoms with van der Waals surface area (Å²) in [6.07, 6.45) is 8.53. The Hall–Kier alpha value is -0.580. The second kappa shape index (κ2) is 15.1. The molecular formula is C38H66O8. The van der Waals surface area contributed by atoms with E-state index in [1.807, 2.05) is 0 Å². The van der Waals surface area contributed by atoms with E-state index in [2.05, 4.69) is 47.6 Å². The second-order valence-electron chi connectivity index (χ2n) is 16.8. The summed E-state index contributed by atoms with van der Waals surface area (Å²) in [4.78, 5) is 0. The number of ether oxygens (including phenoxy) is 3. The normalized spacial score (nSPS) is 44.6. The van der Waals surface area contributed by atoms with E-state index in [1.165, 1.54) is 50.5 Å². The lowest BCUT2D eigenvalue weighted by Crippen LogP contribution is -2.60. The Bertz CT molecular complexity index is 1020. The molecule has 8 heteroatoms. The number of aliphatic hydroxyl groups is 5. The van der Waals surface area contributed by atoms with E-state index in [4.69, 9.17) is 19.3 Å². The van der Waals surface area contributed by atoms with E-state index in [0.717, 1.165) is 61.2 Å². The van der Waals surface area contributed by atoms with Crippen LogP contribution in [0.2, 0.25) is 0 Å². The third-order valence-corrected chi connectivity index (χ3v) is 14.1. The molecule has 0 aromatic carbocycles. The molecule has 5 rings (SSSR count). The molecular weight excluding hydrogens is 584 g/mol. The Morgan fingerprint density at radius 1 is 0.957 bits per heavy atom. The van der Waals surface area contributed by atoms with Crippen LogP contribution in [0.25, 0.3) is 0 Å². The summed E-state index contributed by atoms with van der Waals surface area (Å²) in [5.41, 5.74) is 2.11. The summed E-state index contributed by atoms with van der Waals surface area (Å²) < 4.78 is 17.6. The molecule has 5 aliphatic rings. The van der Waals surface area contributed by atoms with E-state index in [9.17, 15) is 20.4 Å². The van der Waals surface area contributed by atoms with Crippen molar-refractivity contribution in [2.24, 2.45) is 52.3 Å². The van der Waals surface area contributed by atoms with Gasteiger partial charge in [-0.2, -0.15) is 0 Å². The van der Waals surface area contributed by atoms with Crippen LogP contribution in [-0.2, 0) is 14.2 Å². The molecule has 4 aliphatic carbocycles. The van der Waals surface area contributed by atoms with Gasteiger partial charge in [0.25, 0.3) is 0 Å². The highest BCUT2D eigenvalue weighted by atomic mass is 16.7. The van der Waals surface area contributed by atoms with E-state index in [1.54, 1.807) is 0 Å². The van der Waals surface area contributed by atoms with E-state index >= 15 is 0 Å². The van der Waals surface area contributed by atoms with Gasteiger partial charge in [0.1, 0.15) is 30.5 Å². The summed E-state index contributed by atoms with van der Waals surface area (Å²) in [6.45, 7) is 14.2. The van der Waals surface area contributed by atoms with Gasteiger partial charge in [0.2, 0.25) is 0 Å². The molecule has 8 nitrogen and oxygen atoms in total. The third kappa shape index (κ3) is 7.17. The fourth-order valence-electron chi connectivity index (χ4n) is 11.1. The topological polar surface area (TPSA) is 129 Å². The van der Waals surface area contributed by atoms with Gasteiger partial charge in [0, 0.05) is 0 Å². The third-order valence-electron chi connectivity index (χ3n) is 14.1. The molecule has 15 unspecified atom stereocenters. The van der Waals surface area contributed by atoms with E-state index in [0.29, 0.717) is 11.3 Å². The largest absolute Gasteiger partial charge is 0.394 e. The van der Waals surface area contributed by atoms with Gasteiger partial charge < -0.3 is 39.7 Å². The molecule has 0 amide bonds. The molecule has 0 aromatic rings. The highest BCUT2D eigenvalue weighted by Gasteiger charge is 2.59. The summed E-state index contributed by atoms with van der Waals surface area (Å²) in [6, 6.07) is 0. The minimum absolute atomic E-state index is 0.101. The van der Waals surface area contributed by atoms with Crippen molar-refractivity contribution in [2.75, 3.05) is 19.8 Å². The summed E-state index contributed by atoms with van der Waals surface area (Å²) in [7, 11) is 0. The highest BCUT2D eigenvalue weighted by Crippen LogP contribution is 2.67. The maximum Gasteiger partial charge on any atom is 0.186 e. The Labute approximate surface area is 278 Å². The van der Waals surface area contributed by atoms with Crippen molar-refractivity contribution in [3.63, 3.8) is 0 Å². The minimum Gasteiger partial charge on any atom is -0.394 e. The Kier molecular flexibility index (Phi) is 12.1. The number of hydrogen-bond acceptors (Lipinski definition) is 8. The zero-order valence-electron chi connectivity index (χ0n) is 29.5. The van der Waals surface area contributed by atoms with Gasteiger partial charge in [-0.1, -0.05) is 66.0 Å². The van der Waals surface area contributed by atoms with E-state index in [-0.39, 0.29) is 24.7 Å². The van der Waals surface area contributed by atoms with E-state index < -0.39 is 43.4 Å². The van der Waals surface area contributed by atoms with Crippen LogP contribution in [0.4, 0.5) is 0 Å². The number of fused-ring (bicyclic) bond motifs is 5. The average molecular weight is 651 g/mol. The van der Waals surface area contributed by atoms with Gasteiger partial charge in [0.05, 0.1) is 25.9 Å². The molecule has 1 aliphatic heterocycles. The van der Waals surface area contributed by atoms with Crippen LogP contribution in [0, 0.1) is 52.3 Å². The molecule has 3 saturated carbocycles. The standard InChI is InChI=1S/C38H66O8/c1-7-24(22(2)3)9-8-23(4)29-12-13-30-28-11-10-25-18-27(14-16-37(25,5)31(28)15-17-38(29,30)6)45-36-35(43)34(42)33(41)32(46-36)21-44-20-26(40)19-39/h10,22-24,26-36,39-43H,7-9,11-21H2,1-6H3. The quantitative estimate of drug-likeness (QED) is 0.172. The Balaban J connectivity index is 1.20. The SMILES string of the molecule is CCC(CCC(C)C1CCC2C3CC=C4CC(OC5OC(COCC(O)CO)C(O)C(O)C5O)CCC4(C)C3CCC12C)C(C)C. The first-order valence-corrected chi connectivity index (χ1v) is 18.7. The summed E-state index contributed by atoms with van der Waals surface area (Å²) in [5.74, 6) is 5.54. The van der Waals surface area contributed by atoms with Gasteiger partial charge in [-0.3, -0.25) is 0 Å². The first-order valence-electron chi connectivity index (χ1n) is 18.7. The van der Waals surface area contributed by atoms with Crippen molar-refractivity contribution < 1.29 is 39.7 Å². The molecule has 1 heterocycles. The van der Waals surface area contributed by atoms with Crippen LogP contribution in [0.5, 0.6) is 0 Å². The van der Waals surface area contributed by atoms with Crippen molar-refractivity contribution >= 4 is 0 Å². The Morgan fingerprint density at radius 2 is 1.72 bits per heavy atom. The fraction of sp³-hybridized carbons (Fsp3) is 0.947. The maximum absolute atomic E-state index is 10.7. The lowest BCUT2D eigenvalue weighted by molar-refractivity contribution is -0.315. The number of rotatable bonds is 13. The minimum atomic E-state index is -1.43. The van der Waals surface area contributed by atoms with Crippen molar-refractivity contribution in [2.45, 2.75) is 155 Å². The highest BCUT2D eigenvalue weighted by molar-refractivity contribution is 5.25. The lowest BCUT2D eigenvalue weighted by atomic mass is 9.47. The van der Waals surface area contributed by atoms with Gasteiger partial charge in [0.15, 0.2) is 6.29 Å². The Morgan fingerprint density at radius 3 is 2.41 bits per heavy atom. The van der Waals surface area contributed by atoms with Gasteiger partial charge in [-0.15, -0.1) is 0 Å². The van der Waals surface area contributed by atoms with Crippen molar-refractivity contribution in [1.29, 1.82) is 0 Å². The van der Waals surface area contributed by atoms with Gasteiger partial charge in [-0.25, -0.2) is 0 Å². The average Bonchev–Trinajstić information content (AvgIpc) is 3.39. The first kappa shape index (κ1) is 36.7. The van der Waals surface area contributed by atoms with Gasteiger partial charge in [-0.05, 0) is 110 Å². The number of hydrogen-bond donors (Lipinski definition) is 5. The van der Waals surface area contributed by atoms with Crippen molar-refractivity contribution in [3.05, 3.63) is 11.6 Å². The molecule has 0 spiro atoms. The van der Waals surface area contributed by atoms with Gasteiger partial charge >= 0.3 is 0 Å². The molecule has 1 saturated heterocycles. The van der Waals surface area contributed by atoms with Crippen molar-refractivity contribution in [3.8, 4) is 0 Å². The zero-order valence-corrected chi connectivity index (χ0v) is 29.5.